The smallest absolute Gasteiger partial charge is 0.410 e. The number of carbonyl (C=O) groups is 1. The molecular weight excluding hydrogens is 314 g/mol. The second-order valence-electron chi connectivity index (χ2n) is 6.83. The molecule has 1 aliphatic rings. The Labute approximate surface area is 142 Å². The predicted molar refractivity (Wildman–Crippen MR) is 90.8 cm³/mol. The summed E-state index contributed by atoms with van der Waals surface area (Å²) in [5, 5.41) is 3.48. The fraction of sp³-hybridized carbons (Fsp3) is 0.750. The Balaban J connectivity index is 1.93. The van der Waals surface area contributed by atoms with Crippen LogP contribution in [0.25, 0.3) is 0 Å². The third-order valence-electron chi connectivity index (χ3n) is 3.69. The highest BCUT2D eigenvalue weighted by atomic mass is 32.1. The Hall–Kier alpha value is -1.18. The Morgan fingerprint density at radius 2 is 2.35 bits per heavy atom. The molecule has 1 amide bonds. The highest BCUT2D eigenvalue weighted by Crippen LogP contribution is 2.21. The second kappa shape index (κ2) is 7.59. The second-order valence-corrected chi connectivity index (χ2v) is 7.72. The van der Waals surface area contributed by atoms with Crippen LogP contribution in [0, 0.1) is 6.92 Å². The molecule has 0 saturated carbocycles. The van der Waals surface area contributed by atoms with Gasteiger partial charge in [-0.15, -0.1) is 11.3 Å². The number of carbonyl (C=O) groups excluding carboxylic acids is 1. The molecule has 0 aromatic carbocycles. The van der Waals surface area contributed by atoms with Crippen LogP contribution in [0.1, 0.15) is 44.3 Å². The van der Waals surface area contributed by atoms with Crippen LogP contribution in [0.4, 0.5) is 4.79 Å². The molecule has 1 aromatic heterocycles. The molecule has 6 nitrogen and oxygen atoms in total. The minimum Gasteiger partial charge on any atom is -0.444 e. The molecule has 0 aliphatic carbocycles. The molecule has 2 atom stereocenters. The van der Waals surface area contributed by atoms with Crippen LogP contribution in [0.3, 0.4) is 0 Å². The molecule has 7 heteroatoms. The normalized spacial score (nSPS) is 20.4. The van der Waals surface area contributed by atoms with E-state index in [1.807, 2.05) is 33.2 Å². The monoisotopic (exact) mass is 341 g/mol. The van der Waals surface area contributed by atoms with E-state index < -0.39 is 5.60 Å². The van der Waals surface area contributed by atoms with Crippen molar-refractivity contribution in [2.75, 3.05) is 26.3 Å². The van der Waals surface area contributed by atoms with E-state index in [1.165, 1.54) is 4.88 Å². The van der Waals surface area contributed by atoms with Gasteiger partial charge in [-0.05, 0) is 34.6 Å². The quantitative estimate of drug-likeness (QED) is 0.912. The van der Waals surface area contributed by atoms with Gasteiger partial charge < -0.3 is 14.8 Å². The zero-order valence-electron chi connectivity index (χ0n) is 14.6. The maximum atomic E-state index is 12.4. The van der Waals surface area contributed by atoms with Gasteiger partial charge >= 0.3 is 6.09 Å². The van der Waals surface area contributed by atoms with Crippen LogP contribution in [-0.2, 0) is 9.47 Å². The van der Waals surface area contributed by atoms with Crippen molar-refractivity contribution in [3.8, 4) is 0 Å². The van der Waals surface area contributed by atoms with E-state index >= 15 is 0 Å². The number of ether oxygens (including phenoxy) is 2. The maximum absolute atomic E-state index is 12.4. The number of aromatic nitrogens is 1. The van der Waals surface area contributed by atoms with Crippen LogP contribution in [0.2, 0.25) is 0 Å². The summed E-state index contributed by atoms with van der Waals surface area (Å²) < 4.78 is 11.0. The number of hydrogen-bond acceptors (Lipinski definition) is 6. The fourth-order valence-corrected chi connectivity index (χ4v) is 3.35. The molecule has 2 unspecified atom stereocenters. The first kappa shape index (κ1) is 18.2. The van der Waals surface area contributed by atoms with Gasteiger partial charge in [0, 0.05) is 24.0 Å². The summed E-state index contributed by atoms with van der Waals surface area (Å²) in [7, 11) is 0. The zero-order chi connectivity index (χ0) is 17.0. The van der Waals surface area contributed by atoms with E-state index in [0.717, 1.165) is 5.69 Å². The van der Waals surface area contributed by atoms with Crippen LogP contribution in [-0.4, -0.2) is 53.9 Å². The number of nitrogens with zero attached hydrogens (tertiary/aromatic N) is 2. The van der Waals surface area contributed by atoms with Gasteiger partial charge in [-0.1, -0.05) is 0 Å². The highest BCUT2D eigenvalue weighted by Gasteiger charge is 2.31. The molecule has 0 radical (unpaired) electrons. The maximum Gasteiger partial charge on any atom is 0.410 e. The van der Waals surface area contributed by atoms with Crippen LogP contribution < -0.4 is 5.32 Å². The van der Waals surface area contributed by atoms with Crippen molar-refractivity contribution in [1.29, 1.82) is 0 Å². The molecule has 2 heterocycles. The molecule has 1 fully saturated rings. The van der Waals surface area contributed by atoms with Gasteiger partial charge in [0.2, 0.25) is 0 Å². The summed E-state index contributed by atoms with van der Waals surface area (Å²) in [6.07, 6.45) is -0.269. The third kappa shape index (κ3) is 5.16. The summed E-state index contributed by atoms with van der Waals surface area (Å²) in [4.78, 5) is 19.6. The number of rotatable bonds is 4. The SMILES string of the molecule is Cc1ncsc1C(C)NCC1COCCN1C(=O)OC(C)(C)C. The minimum absolute atomic E-state index is 0.0192. The van der Waals surface area contributed by atoms with Gasteiger partial charge in [-0.25, -0.2) is 9.78 Å². The van der Waals surface area contributed by atoms with Crippen molar-refractivity contribution in [2.45, 2.75) is 52.3 Å². The molecule has 1 N–H and O–H groups in total. The summed E-state index contributed by atoms with van der Waals surface area (Å²) in [5.74, 6) is 0. The highest BCUT2D eigenvalue weighted by molar-refractivity contribution is 7.09. The van der Waals surface area contributed by atoms with E-state index in [-0.39, 0.29) is 18.2 Å². The molecule has 1 saturated heterocycles. The predicted octanol–water partition coefficient (Wildman–Crippen LogP) is 2.74. The lowest BCUT2D eigenvalue weighted by Gasteiger charge is -2.37. The Kier molecular flexibility index (Phi) is 6.00. The van der Waals surface area contributed by atoms with Gasteiger partial charge in [-0.2, -0.15) is 0 Å². The van der Waals surface area contributed by atoms with Crippen molar-refractivity contribution >= 4 is 17.4 Å². The lowest BCUT2D eigenvalue weighted by molar-refractivity contribution is -0.0321. The number of amides is 1. The van der Waals surface area contributed by atoms with Gasteiger partial charge in [0.1, 0.15) is 5.60 Å². The van der Waals surface area contributed by atoms with Crippen molar-refractivity contribution < 1.29 is 14.3 Å². The topological polar surface area (TPSA) is 63.7 Å². The van der Waals surface area contributed by atoms with E-state index in [0.29, 0.717) is 26.3 Å². The molecule has 0 bridgehead atoms. The van der Waals surface area contributed by atoms with E-state index in [2.05, 4.69) is 17.2 Å². The standard InChI is InChI=1S/C16H27N3O3S/c1-11(14-12(2)18-10-23-14)17-8-13-9-21-7-6-19(13)15(20)22-16(3,4)5/h10-11,13,17H,6-9H2,1-5H3. The van der Waals surface area contributed by atoms with E-state index in [9.17, 15) is 4.79 Å². The minimum atomic E-state index is -0.486. The lowest BCUT2D eigenvalue weighted by Crippen LogP contribution is -2.54. The first-order valence-electron chi connectivity index (χ1n) is 7.98. The van der Waals surface area contributed by atoms with E-state index in [1.54, 1.807) is 16.2 Å². The van der Waals surface area contributed by atoms with Crippen molar-refractivity contribution in [1.82, 2.24) is 15.2 Å². The number of thiazole rings is 1. The summed E-state index contributed by atoms with van der Waals surface area (Å²) in [6.45, 7) is 12.1. The average Bonchev–Trinajstić information content (AvgIpc) is 2.89. The Morgan fingerprint density at radius 1 is 1.61 bits per heavy atom. The summed E-state index contributed by atoms with van der Waals surface area (Å²) >= 11 is 1.65. The Bertz CT molecular complexity index is 527. The Morgan fingerprint density at radius 3 is 2.96 bits per heavy atom. The molecule has 2 rings (SSSR count). The van der Waals surface area contributed by atoms with Gasteiger partial charge in [-0.3, -0.25) is 4.90 Å². The fourth-order valence-electron chi connectivity index (χ4n) is 2.52. The molecule has 1 aliphatic heterocycles. The first-order chi connectivity index (χ1) is 10.8. The van der Waals surface area contributed by atoms with Gasteiger partial charge in [0.15, 0.2) is 0 Å². The van der Waals surface area contributed by atoms with Crippen LogP contribution >= 0.6 is 11.3 Å². The third-order valence-corrected chi connectivity index (χ3v) is 4.80. The van der Waals surface area contributed by atoms with Gasteiger partial charge in [0.05, 0.1) is 30.5 Å². The molecular formula is C16H27N3O3S. The average molecular weight is 341 g/mol. The number of aryl methyl sites for hydroxylation is 1. The molecule has 1 aromatic rings. The van der Waals surface area contributed by atoms with Crippen molar-refractivity contribution in [2.24, 2.45) is 0 Å². The van der Waals surface area contributed by atoms with Crippen molar-refractivity contribution in [3.05, 3.63) is 16.1 Å². The lowest BCUT2D eigenvalue weighted by atomic mass is 10.2. The molecule has 23 heavy (non-hydrogen) atoms. The zero-order valence-corrected chi connectivity index (χ0v) is 15.4. The molecule has 0 spiro atoms. The molecule has 130 valence electrons. The van der Waals surface area contributed by atoms with E-state index in [4.69, 9.17) is 9.47 Å². The summed E-state index contributed by atoms with van der Waals surface area (Å²) in [6, 6.07) is 0.180. The van der Waals surface area contributed by atoms with Crippen molar-refractivity contribution in [3.63, 3.8) is 0 Å². The van der Waals surface area contributed by atoms with Gasteiger partial charge in [0.25, 0.3) is 0 Å². The number of hydrogen-bond donors (Lipinski definition) is 1. The van der Waals surface area contributed by atoms with Crippen LogP contribution in [0.15, 0.2) is 5.51 Å². The number of nitrogens with one attached hydrogen (secondary N) is 1. The summed E-state index contributed by atoms with van der Waals surface area (Å²) in [5.41, 5.74) is 2.43. The largest absolute Gasteiger partial charge is 0.444 e. The first-order valence-corrected chi connectivity index (χ1v) is 8.86. The number of morpholine rings is 1. The van der Waals surface area contributed by atoms with Crippen LogP contribution in [0.5, 0.6) is 0 Å².